The summed E-state index contributed by atoms with van der Waals surface area (Å²) in [5.74, 6) is -0.457. The molecule has 1 heterocycles. The maximum Gasteiger partial charge on any atom is 0.227 e. The SMILES string of the molecule is Cc1ccc(C)c(N2CC(C(=O)NC(c3ccccc3)c3ccccc3)CC2=O)c1. The average molecular weight is 399 g/mol. The fourth-order valence-electron chi connectivity index (χ4n) is 4.04. The van der Waals surface area contributed by atoms with Gasteiger partial charge in [0.15, 0.2) is 0 Å². The van der Waals surface area contributed by atoms with E-state index in [0.29, 0.717) is 6.54 Å². The van der Waals surface area contributed by atoms with Crippen molar-refractivity contribution in [2.75, 3.05) is 11.4 Å². The highest BCUT2D eigenvalue weighted by Crippen LogP contribution is 2.30. The van der Waals surface area contributed by atoms with Crippen LogP contribution in [0.2, 0.25) is 0 Å². The predicted octanol–water partition coefficient (Wildman–Crippen LogP) is 4.56. The zero-order chi connectivity index (χ0) is 21.1. The van der Waals surface area contributed by atoms with Crippen molar-refractivity contribution in [2.45, 2.75) is 26.3 Å². The fourth-order valence-corrected chi connectivity index (χ4v) is 4.04. The Labute approximate surface area is 177 Å². The highest BCUT2D eigenvalue weighted by Gasteiger charge is 2.36. The number of amides is 2. The van der Waals surface area contributed by atoms with Gasteiger partial charge in [0.2, 0.25) is 11.8 Å². The van der Waals surface area contributed by atoms with Crippen LogP contribution in [0.1, 0.15) is 34.7 Å². The van der Waals surface area contributed by atoms with Crippen molar-refractivity contribution in [1.29, 1.82) is 0 Å². The van der Waals surface area contributed by atoms with Crippen molar-refractivity contribution < 1.29 is 9.59 Å². The first-order valence-electron chi connectivity index (χ1n) is 10.3. The standard InChI is InChI=1S/C26H26N2O2/c1-18-13-14-19(2)23(15-18)28-17-22(16-24(28)29)26(30)27-25(20-9-5-3-6-10-20)21-11-7-4-8-12-21/h3-15,22,25H,16-17H2,1-2H3,(H,27,30). The number of benzene rings is 3. The zero-order valence-corrected chi connectivity index (χ0v) is 17.3. The minimum absolute atomic E-state index is 0.000165. The molecule has 1 N–H and O–H groups in total. The van der Waals surface area contributed by atoms with Crippen molar-refractivity contribution in [2.24, 2.45) is 5.92 Å². The van der Waals surface area contributed by atoms with Gasteiger partial charge in [-0.3, -0.25) is 9.59 Å². The van der Waals surface area contributed by atoms with Gasteiger partial charge in [0.05, 0.1) is 12.0 Å². The molecule has 1 fully saturated rings. The topological polar surface area (TPSA) is 49.4 Å². The van der Waals surface area contributed by atoms with Gasteiger partial charge >= 0.3 is 0 Å². The monoisotopic (exact) mass is 398 g/mol. The van der Waals surface area contributed by atoms with Crippen LogP contribution in [-0.4, -0.2) is 18.4 Å². The Morgan fingerprint density at radius 2 is 1.53 bits per heavy atom. The largest absolute Gasteiger partial charge is 0.345 e. The Morgan fingerprint density at radius 1 is 0.933 bits per heavy atom. The van der Waals surface area contributed by atoms with E-state index < -0.39 is 0 Å². The van der Waals surface area contributed by atoms with E-state index in [9.17, 15) is 9.59 Å². The van der Waals surface area contributed by atoms with Crippen molar-refractivity contribution in [3.8, 4) is 0 Å². The van der Waals surface area contributed by atoms with Gasteiger partial charge in [0.1, 0.15) is 0 Å². The summed E-state index contributed by atoms with van der Waals surface area (Å²) >= 11 is 0. The molecule has 0 aromatic heterocycles. The summed E-state index contributed by atoms with van der Waals surface area (Å²) in [5, 5.41) is 3.19. The molecule has 0 bridgehead atoms. The summed E-state index contributed by atoms with van der Waals surface area (Å²) in [4.78, 5) is 27.7. The molecule has 4 rings (SSSR count). The normalized spacial score (nSPS) is 16.2. The average Bonchev–Trinajstić information content (AvgIpc) is 3.16. The fraction of sp³-hybridized carbons (Fsp3) is 0.231. The van der Waals surface area contributed by atoms with Crippen LogP contribution >= 0.6 is 0 Å². The Hall–Kier alpha value is -3.40. The first-order chi connectivity index (χ1) is 14.5. The number of anilines is 1. The third-order valence-corrected chi connectivity index (χ3v) is 5.70. The number of nitrogens with zero attached hydrogens (tertiary/aromatic N) is 1. The van der Waals surface area contributed by atoms with E-state index in [4.69, 9.17) is 0 Å². The number of hydrogen-bond donors (Lipinski definition) is 1. The molecule has 4 nitrogen and oxygen atoms in total. The number of carbonyl (C=O) groups excluding carboxylic acids is 2. The van der Waals surface area contributed by atoms with Crippen LogP contribution in [-0.2, 0) is 9.59 Å². The van der Waals surface area contributed by atoms with Gasteiger partial charge in [-0.25, -0.2) is 0 Å². The summed E-state index contributed by atoms with van der Waals surface area (Å²) in [6, 6.07) is 25.7. The van der Waals surface area contributed by atoms with Gasteiger partial charge in [-0.1, -0.05) is 72.8 Å². The predicted molar refractivity (Wildman–Crippen MR) is 119 cm³/mol. The van der Waals surface area contributed by atoms with Crippen LogP contribution in [0.3, 0.4) is 0 Å². The van der Waals surface area contributed by atoms with Crippen LogP contribution in [0.25, 0.3) is 0 Å². The van der Waals surface area contributed by atoms with Gasteiger partial charge in [-0.05, 0) is 42.2 Å². The molecular formula is C26H26N2O2. The highest BCUT2D eigenvalue weighted by atomic mass is 16.2. The summed E-state index contributed by atoms with van der Waals surface area (Å²) in [5.41, 5.74) is 5.09. The van der Waals surface area contributed by atoms with E-state index >= 15 is 0 Å². The third kappa shape index (κ3) is 4.13. The second kappa shape index (κ2) is 8.54. The molecule has 0 spiro atoms. The molecule has 152 valence electrons. The van der Waals surface area contributed by atoms with Crippen molar-refractivity contribution in [3.05, 3.63) is 101 Å². The van der Waals surface area contributed by atoms with E-state index in [1.807, 2.05) is 92.7 Å². The lowest BCUT2D eigenvalue weighted by Crippen LogP contribution is -2.36. The van der Waals surface area contributed by atoms with Crippen LogP contribution in [0, 0.1) is 19.8 Å². The van der Waals surface area contributed by atoms with Gasteiger partial charge in [-0.15, -0.1) is 0 Å². The van der Waals surface area contributed by atoms with Gasteiger partial charge in [-0.2, -0.15) is 0 Å². The van der Waals surface area contributed by atoms with E-state index in [2.05, 4.69) is 5.32 Å². The number of rotatable bonds is 5. The molecule has 1 aliphatic heterocycles. The Bertz CT molecular complexity index is 1010. The summed E-state index contributed by atoms with van der Waals surface area (Å²) in [7, 11) is 0. The summed E-state index contributed by atoms with van der Waals surface area (Å²) in [6.07, 6.45) is 0.232. The van der Waals surface area contributed by atoms with Crippen LogP contribution < -0.4 is 10.2 Å². The van der Waals surface area contributed by atoms with Gasteiger partial charge in [0.25, 0.3) is 0 Å². The van der Waals surface area contributed by atoms with E-state index in [1.165, 1.54) is 0 Å². The lowest BCUT2D eigenvalue weighted by Gasteiger charge is -2.23. The molecule has 3 aromatic carbocycles. The van der Waals surface area contributed by atoms with Gasteiger partial charge < -0.3 is 10.2 Å². The first-order valence-corrected chi connectivity index (χ1v) is 10.3. The number of aryl methyl sites for hydroxylation is 2. The summed E-state index contributed by atoms with van der Waals surface area (Å²) < 4.78 is 0. The second-order valence-electron chi connectivity index (χ2n) is 7.96. The van der Waals surface area contributed by atoms with E-state index in [-0.39, 0.29) is 30.2 Å². The van der Waals surface area contributed by atoms with E-state index in [0.717, 1.165) is 27.9 Å². The third-order valence-electron chi connectivity index (χ3n) is 5.70. The molecule has 1 atom stereocenters. The maximum absolute atomic E-state index is 13.2. The molecule has 0 saturated carbocycles. The molecule has 3 aromatic rings. The molecule has 0 aliphatic carbocycles. The molecular weight excluding hydrogens is 372 g/mol. The Kier molecular flexibility index (Phi) is 5.66. The van der Waals surface area contributed by atoms with Gasteiger partial charge in [0, 0.05) is 18.7 Å². The summed E-state index contributed by atoms with van der Waals surface area (Å²) in [6.45, 7) is 4.42. The quantitative estimate of drug-likeness (QED) is 0.685. The maximum atomic E-state index is 13.2. The lowest BCUT2D eigenvalue weighted by molar-refractivity contribution is -0.126. The first kappa shape index (κ1) is 19.9. The second-order valence-corrected chi connectivity index (χ2v) is 7.96. The molecule has 4 heteroatoms. The van der Waals surface area contributed by atoms with Crippen molar-refractivity contribution in [3.63, 3.8) is 0 Å². The molecule has 2 amide bonds. The minimum atomic E-state index is -0.368. The number of nitrogens with one attached hydrogen (secondary N) is 1. The molecule has 1 unspecified atom stereocenters. The Balaban J connectivity index is 1.55. The smallest absolute Gasteiger partial charge is 0.227 e. The van der Waals surface area contributed by atoms with Crippen LogP contribution in [0.15, 0.2) is 78.9 Å². The van der Waals surface area contributed by atoms with E-state index in [1.54, 1.807) is 4.90 Å². The zero-order valence-electron chi connectivity index (χ0n) is 17.3. The van der Waals surface area contributed by atoms with Crippen molar-refractivity contribution >= 4 is 17.5 Å². The minimum Gasteiger partial charge on any atom is -0.345 e. The van der Waals surface area contributed by atoms with Crippen LogP contribution in [0.5, 0.6) is 0 Å². The highest BCUT2D eigenvalue weighted by molar-refractivity contribution is 6.01. The molecule has 1 aliphatic rings. The van der Waals surface area contributed by atoms with Crippen molar-refractivity contribution in [1.82, 2.24) is 5.32 Å². The molecule has 0 radical (unpaired) electrons. The number of carbonyl (C=O) groups is 2. The Morgan fingerprint density at radius 3 is 2.13 bits per heavy atom. The number of hydrogen-bond acceptors (Lipinski definition) is 2. The molecule has 30 heavy (non-hydrogen) atoms. The van der Waals surface area contributed by atoms with Crippen LogP contribution in [0.4, 0.5) is 5.69 Å². The lowest BCUT2D eigenvalue weighted by atomic mass is 9.97. The molecule has 1 saturated heterocycles.